The van der Waals surface area contributed by atoms with Crippen molar-refractivity contribution in [1.29, 1.82) is 0 Å². The molecule has 0 spiro atoms. The van der Waals surface area contributed by atoms with E-state index in [0.717, 1.165) is 25.9 Å². The highest BCUT2D eigenvalue weighted by Crippen LogP contribution is 2.16. The lowest BCUT2D eigenvalue weighted by molar-refractivity contribution is 0.150. The van der Waals surface area contributed by atoms with Crippen LogP contribution in [0.5, 0.6) is 0 Å². The van der Waals surface area contributed by atoms with E-state index in [1.54, 1.807) is 0 Å². The van der Waals surface area contributed by atoms with Crippen molar-refractivity contribution in [2.45, 2.75) is 32.2 Å². The van der Waals surface area contributed by atoms with Crippen molar-refractivity contribution >= 4 is 0 Å². The lowest BCUT2D eigenvalue weighted by Crippen LogP contribution is -2.43. The topological polar surface area (TPSA) is 42.2 Å². The Morgan fingerprint density at radius 1 is 1.44 bits per heavy atom. The molecule has 0 saturated carbocycles. The summed E-state index contributed by atoms with van der Waals surface area (Å²) < 4.78 is 0. The second-order valence-electron chi connectivity index (χ2n) is 4.88. The molecule has 0 aromatic carbocycles. The molecule has 3 heteroatoms. The Morgan fingerprint density at radius 3 is 2.75 bits per heavy atom. The van der Waals surface area contributed by atoms with Gasteiger partial charge >= 0.3 is 0 Å². The van der Waals surface area contributed by atoms with Gasteiger partial charge in [0.15, 0.2) is 0 Å². The van der Waals surface area contributed by atoms with E-state index in [9.17, 15) is 0 Å². The maximum absolute atomic E-state index is 5.62. The molecule has 1 aromatic rings. The van der Waals surface area contributed by atoms with Crippen molar-refractivity contribution in [3.63, 3.8) is 0 Å². The minimum atomic E-state index is 0.178. The first-order chi connectivity index (χ1) is 7.56. The van der Waals surface area contributed by atoms with E-state index in [4.69, 9.17) is 5.73 Å². The third kappa shape index (κ3) is 3.91. The summed E-state index contributed by atoms with van der Waals surface area (Å²) >= 11 is 0. The molecule has 0 unspecified atom stereocenters. The molecule has 0 aliphatic carbocycles. The van der Waals surface area contributed by atoms with Crippen molar-refractivity contribution < 1.29 is 0 Å². The molecule has 0 bridgehead atoms. The Morgan fingerprint density at radius 2 is 2.19 bits per heavy atom. The minimum Gasteiger partial charge on any atom is -0.330 e. The molecule has 1 aromatic heterocycles. The van der Waals surface area contributed by atoms with Gasteiger partial charge in [0.2, 0.25) is 0 Å². The summed E-state index contributed by atoms with van der Waals surface area (Å²) in [7, 11) is 2.16. The van der Waals surface area contributed by atoms with Gasteiger partial charge in [0.25, 0.3) is 0 Å². The van der Waals surface area contributed by atoms with Crippen molar-refractivity contribution in [3.05, 3.63) is 30.1 Å². The molecule has 0 atom stereocenters. The van der Waals surface area contributed by atoms with Gasteiger partial charge in [-0.2, -0.15) is 0 Å². The Labute approximate surface area is 98.7 Å². The van der Waals surface area contributed by atoms with E-state index in [2.05, 4.69) is 36.8 Å². The summed E-state index contributed by atoms with van der Waals surface area (Å²) in [4.78, 5) is 6.49. The van der Waals surface area contributed by atoms with Crippen LogP contribution in [0.1, 0.15) is 25.8 Å². The van der Waals surface area contributed by atoms with Gasteiger partial charge in [-0.15, -0.1) is 0 Å². The fourth-order valence-corrected chi connectivity index (χ4v) is 1.69. The first kappa shape index (κ1) is 13.1. The number of rotatable bonds is 6. The summed E-state index contributed by atoms with van der Waals surface area (Å²) in [6.45, 7) is 6.26. The van der Waals surface area contributed by atoms with Gasteiger partial charge in [-0.25, -0.2) is 0 Å². The van der Waals surface area contributed by atoms with Crippen LogP contribution in [0.2, 0.25) is 0 Å². The van der Waals surface area contributed by atoms with E-state index in [1.165, 1.54) is 5.56 Å². The van der Waals surface area contributed by atoms with E-state index in [1.807, 2.05) is 18.5 Å². The Balaban J connectivity index is 2.43. The summed E-state index contributed by atoms with van der Waals surface area (Å²) in [5, 5.41) is 0. The van der Waals surface area contributed by atoms with Gasteiger partial charge in [-0.1, -0.05) is 6.07 Å². The molecular weight excluding hydrogens is 198 g/mol. The summed E-state index contributed by atoms with van der Waals surface area (Å²) in [6.07, 6.45) is 5.81. The molecule has 3 nitrogen and oxygen atoms in total. The first-order valence-corrected chi connectivity index (χ1v) is 5.86. The highest BCUT2D eigenvalue weighted by Gasteiger charge is 2.21. The first-order valence-electron chi connectivity index (χ1n) is 5.86. The van der Waals surface area contributed by atoms with Crippen LogP contribution in [-0.2, 0) is 6.42 Å². The molecule has 0 aliphatic rings. The molecule has 0 fully saturated rings. The smallest absolute Gasteiger partial charge is 0.0300 e. The molecule has 1 heterocycles. The number of pyridine rings is 1. The SMILES string of the molecule is CN(CCc1cccnc1)C(C)(C)CCN. The monoisotopic (exact) mass is 221 g/mol. The number of aromatic nitrogens is 1. The van der Waals surface area contributed by atoms with Crippen LogP contribution in [-0.4, -0.2) is 35.6 Å². The predicted octanol–water partition coefficient (Wildman–Crippen LogP) is 1.68. The van der Waals surface area contributed by atoms with E-state index in [-0.39, 0.29) is 5.54 Å². The predicted molar refractivity (Wildman–Crippen MR) is 68.3 cm³/mol. The third-order valence-corrected chi connectivity index (χ3v) is 3.25. The van der Waals surface area contributed by atoms with Crippen LogP contribution in [0.15, 0.2) is 24.5 Å². The molecule has 2 N–H and O–H groups in total. The number of hydrogen-bond acceptors (Lipinski definition) is 3. The number of hydrogen-bond donors (Lipinski definition) is 1. The molecular formula is C13H23N3. The minimum absolute atomic E-state index is 0.178. The van der Waals surface area contributed by atoms with E-state index < -0.39 is 0 Å². The fraction of sp³-hybridized carbons (Fsp3) is 0.615. The van der Waals surface area contributed by atoms with Gasteiger partial charge in [-0.05, 0) is 51.9 Å². The summed E-state index contributed by atoms with van der Waals surface area (Å²) in [5.74, 6) is 0. The van der Waals surface area contributed by atoms with Crippen molar-refractivity contribution in [3.8, 4) is 0 Å². The van der Waals surface area contributed by atoms with Crippen LogP contribution < -0.4 is 5.73 Å². The average Bonchev–Trinajstić information content (AvgIpc) is 2.27. The maximum atomic E-state index is 5.62. The van der Waals surface area contributed by atoms with E-state index >= 15 is 0 Å². The van der Waals surface area contributed by atoms with Crippen LogP contribution in [0.4, 0.5) is 0 Å². The zero-order valence-electron chi connectivity index (χ0n) is 10.6. The second-order valence-corrected chi connectivity index (χ2v) is 4.88. The zero-order chi connectivity index (χ0) is 12.0. The quantitative estimate of drug-likeness (QED) is 0.794. The standard InChI is InChI=1S/C13H23N3/c1-13(2,7-8-14)16(3)10-6-12-5-4-9-15-11-12/h4-5,9,11H,6-8,10,14H2,1-3H3. The number of likely N-dealkylation sites (N-methyl/N-ethyl adjacent to an activating group) is 1. The average molecular weight is 221 g/mol. The molecule has 0 aliphatic heterocycles. The summed E-state index contributed by atoms with van der Waals surface area (Å²) in [6, 6.07) is 4.11. The zero-order valence-corrected chi connectivity index (χ0v) is 10.6. The van der Waals surface area contributed by atoms with Crippen LogP contribution in [0.25, 0.3) is 0 Å². The normalized spacial score (nSPS) is 12.1. The Kier molecular flexibility index (Phi) is 4.90. The van der Waals surface area contributed by atoms with Crippen LogP contribution in [0, 0.1) is 0 Å². The highest BCUT2D eigenvalue weighted by atomic mass is 15.2. The molecule has 90 valence electrons. The van der Waals surface area contributed by atoms with Crippen LogP contribution in [0.3, 0.4) is 0 Å². The lowest BCUT2D eigenvalue weighted by Gasteiger charge is -2.35. The van der Waals surface area contributed by atoms with Crippen molar-refractivity contribution in [1.82, 2.24) is 9.88 Å². The Bertz CT molecular complexity index is 295. The van der Waals surface area contributed by atoms with Gasteiger partial charge in [-0.3, -0.25) is 4.98 Å². The third-order valence-electron chi connectivity index (χ3n) is 3.25. The molecule has 1 rings (SSSR count). The maximum Gasteiger partial charge on any atom is 0.0300 e. The van der Waals surface area contributed by atoms with Gasteiger partial charge in [0.1, 0.15) is 0 Å². The number of nitrogens with zero attached hydrogens (tertiary/aromatic N) is 2. The number of nitrogens with two attached hydrogens (primary N) is 1. The van der Waals surface area contributed by atoms with Crippen molar-refractivity contribution in [2.24, 2.45) is 5.73 Å². The molecule has 0 radical (unpaired) electrons. The second kappa shape index (κ2) is 5.97. The van der Waals surface area contributed by atoms with Gasteiger partial charge in [0, 0.05) is 24.5 Å². The van der Waals surface area contributed by atoms with Gasteiger partial charge < -0.3 is 10.6 Å². The fourth-order valence-electron chi connectivity index (χ4n) is 1.69. The van der Waals surface area contributed by atoms with Crippen LogP contribution >= 0.6 is 0 Å². The largest absolute Gasteiger partial charge is 0.330 e. The van der Waals surface area contributed by atoms with E-state index in [0.29, 0.717) is 0 Å². The van der Waals surface area contributed by atoms with Crippen molar-refractivity contribution in [2.75, 3.05) is 20.1 Å². The molecule has 0 amide bonds. The molecule has 0 saturated heterocycles. The Hall–Kier alpha value is -0.930. The molecule has 16 heavy (non-hydrogen) atoms. The van der Waals surface area contributed by atoms with Gasteiger partial charge in [0.05, 0.1) is 0 Å². The summed E-state index contributed by atoms with van der Waals surface area (Å²) in [5.41, 5.74) is 7.09. The highest BCUT2D eigenvalue weighted by molar-refractivity contribution is 5.08. The lowest BCUT2D eigenvalue weighted by atomic mass is 9.98.